The summed E-state index contributed by atoms with van der Waals surface area (Å²) in [4.78, 5) is 13.1. The van der Waals surface area contributed by atoms with E-state index >= 15 is 0 Å². The van der Waals surface area contributed by atoms with Crippen molar-refractivity contribution in [1.82, 2.24) is 9.62 Å². The standard InChI is InChI=1S/C23H30N2O5S/c1-4-22(17-5-7-19(29-2)8-6-17)24-23(26)18-13-15-25(16-14-18)31(27,28)21-11-9-20(30-3)10-12-21/h5-12,18,22H,4,13-16H2,1-3H3,(H,24,26)/t22-/m1/s1. The number of sulfonamides is 1. The van der Waals surface area contributed by atoms with Crippen molar-refractivity contribution >= 4 is 15.9 Å². The van der Waals surface area contributed by atoms with Crippen molar-refractivity contribution in [2.24, 2.45) is 5.92 Å². The van der Waals surface area contributed by atoms with Gasteiger partial charge in [0.1, 0.15) is 11.5 Å². The van der Waals surface area contributed by atoms with Crippen LogP contribution in [0.25, 0.3) is 0 Å². The summed E-state index contributed by atoms with van der Waals surface area (Å²) in [6, 6.07) is 14.0. The molecule has 3 rings (SSSR count). The highest BCUT2D eigenvalue weighted by Gasteiger charge is 2.32. The highest BCUT2D eigenvalue weighted by atomic mass is 32.2. The summed E-state index contributed by atoms with van der Waals surface area (Å²) in [5.41, 5.74) is 1.02. The van der Waals surface area contributed by atoms with E-state index in [1.807, 2.05) is 31.2 Å². The topological polar surface area (TPSA) is 84.9 Å². The molecule has 1 amide bonds. The fourth-order valence-corrected chi connectivity index (χ4v) is 5.27. The Hall–Kier alpha value is -2.58. The number of rotatable bonds is 8. The molecule has 0 aromatic heterocycles. The van der Waals surface area contributed by atoms with Crippen LogP contribution in [0.15, 0.2) is 53.4 Å². The molecule has 2 aromatic rings. The van der Waals surface area contributed by atoms with Gasteiger partial charge in [-0.25, -0.2) is 8.42 Å². The van der Waals surface area contributed by atoms with Crippen molar-refractivity contribution < 1.29 is 22.7 Å². The second-order valence-corrected chi connectivity index (χ2v) is 9.53. The fraction of sp³-hybridized carbons (Fsp3) is 0.435. The Morgan fingerprint density at radius 3 is 2.00 bits per heavy atom. The van der Waals surface area contributed by atoms with E-state index in [4.69, 9.17) is 9.47 Å². The third-order valence-corrected chi connectivity index (χ3v) is 7.68. The maximum Gasteiger partial charge on any atom is 0.243 e. The molecular weight excluding hydrogens is 416 g/mol. The highest BCUT2D eigenvalue weighted by Crippen LogP contribution is 2.27. The number of nitrogens with one attached hydrogen (secondary N) is 1. The Morgan fingerprint density at radius 2 is 1.52 bits per heavy atom. The first-order valence-electron chi connectivity index (χ1n) is 10.5. The van der Waals surface area contributed by atoms with Crippen molar-refractivity contribution in [3.8, 4) is 11.5 Å². The molecule has 31 heavy (non-hydrogen) atoms. The number of ether oxygens (including phenoxy) is 2. The predicted molar refractivity (Wildman–Crippen MR) is 119 cm³/mol. The Balaban J connectivity index is 1.59. The van der Waals surface area contributed by atoms with Crippen LogP contribution in [0.3, 0.4) is 0 Å². The largest absolute Gasteiger partial charge is 0.497 e. The van der Waals surface area contributed by atoms with Crippen LogP contribution >= 0.6 is 0 Å². The molecule has 0 aliphatic carbocycles. The molecule has 1 N–H and O–H groups in total. The van der Waals surface area contributed by atoms with E-state index in [2.05, 4.69) is 5.32 Å². The van der Waals surface area contributed by atoms with Gasteiger partial charge in [-0.2, -0.15) is 4.31 Å². The lowest BCUT2D eigenvalue weighted by Crippen LogP contribution is -2.43. The SMILES string of the molecule is CC[C@@H](NC(=O)C1CCN(S(=O)(=O)c2ccc(OC)cc2)CC1)c1ccc(OC)cc1. The fourth-order valence-electron chi connectivity index (χ4n) is 3.80. The van der Waals surface area contributed by atoms with Gasteiger partial charge >= 0.3 is 0 Å². The van der Waals surface area contributed by atoms with E-state index in [-0.39, 0.29) is 22.8 Å². The summed E-state index contributed by atoms with van der Waals surface area (Å²) >= 11 is 0. The highest BCUT2D eigenvalue weighted by molar-refractivity contribution is 7.89. The maximum absolute atomic E-state index is 12.9. The van der Waals surface area contributed by atoms with Crippen LogP contribution in [-0.2, 0) is 14.8 Å². The summed E-state index contributed by atoms with van der Waals surface area (Å²) in [7, 11) is -0.420. The Kier molecular flexibility index (Phi) is 7.56. The van der Waals surface area contributed by atoms with E-state index in [0.717, 1.165) is 17.7 Å². The summed E-state index contributed by atoms with van der Waals surface area (Å²) in [5, 5.41) is 3.13. The van der Waals surface area contributed by atoms with Gasteiger partial charge in [0.15, 0.2) is 0 Å². The lowest BCUT2D eigenvalue weighted by molar-refractivity contribution is -0.126. The van der Waals surface area contributed by atoms with E-state index in [1.165, 1.54) is 11.4 Å². The zero-order valence-corrected chi connectivity index (χ0v) is 19.0. The predicted octanol–water partition coefficient (Wildman–Crippen LogP) is 3.37. The zero-order valence-electron chi connectivity index (χ0n) is 18.2. The minimum atomic E-state index is -3.58. The van der Waals surface area contributed by atoms with Crippen LogP contribution in [0.5, 0.6) is 11.5 Å². The molecule has 1 atom stereocenters. The number of amides is 1. The molecule has 8 heteroatoms. The number of carbonyl (C=O) groups excluding carboxylic acids is 1. The monoisotopic (exact) mass is 446 g/mol. The molecule has 168 valence electrons. The van der Waals surface area contributed by atoms with Gasteiger partial charge in [0, 0.05) is 19.0 Å². The van der Waals surface area contributed by atoms with Gasteiger partial charge in [0.25, 0.3) is 0 Å². The van der Waals surface area contributed by atoms with E-state index in [0.29, 0.717) is 31.7 Å². The van der Waals surface area contributed by atoms with Crippen molar-refractivity contribution in [3.05, 3.63) is 54.1 Å². The minimum absolute atomic E-state index is 0.0239. The number of methoxy groups -OCH3 is 2. The number of carbonyl (C=O) groups is 1. The maximum atomic E-state index is 12.9. The molecule has 0 saturated carbocycles. The van der Waals surface area contributed by atoms with E-state index in [1.54, 1.807) is 31.4 Å². The number of piperidine rings is 1. The molecule has 0 unspecified atom stereocenters. The summed E-state index contributed by atoms with van der Waals surface area (Å²) in [5.74, 6) is 1.16. The Labute approximate surface area is 184 Å². The molecule has 1 fully saturated rings. The number of benzene rings is 2. The first-order chi connectivity index (χ1) is 14.9. The third kappa shape index (κ3) is 5.37. The summed E-state index contributed by atoms with van der Waals surface area (Å²) in [6.07, 6.45) is 1.77. The lowest BCUT2D eigenvalue weighted by Gasteiger charge is -2.31. The molecule has 2 aromatic carbocycles. The van der Waals surface area contributed by atoms with Crippen LogP contribution in [0, 0.1) is 5.92 Å². The van der Waals surface area contributed by atoms with Crippen molar-refractivity contribution in [1.29, 1.82) is 0 Å². The summed E-state index contributed by atoms with van der Waals surface area (Å²) < 4.78 is 37.5. The molecule has 0 spiro atoms. The molecule has 1 aliphatic rings. The molecule has 7 nitrogen and oxygen atoms in total. The first-order valence-corrected chi connectivity index (χ1v) is 11.9. The van der Waals surface area contributed by atoms with Gasteiger partial charge in [-0.1, -0.05) is 19.1 Å². The van der Waals surface area contributed by atoms with Gasteiger partial charge in [-0.05, 0) is 61.2 Å². The van der Waals surface area contributed by atoms with Crippen LogP contribution in [0.2, 0.25) is 0 Å². The van der Waals surface area contributed by atoms with E-state index < -0.39 is 10.0 Å². The normalized spacial score (nSPS) is 16.5. The lowest BCUT2D eigenvalue weighted by atomic mass is 9.95. The van der Waals surface area contributed by atoms with Gasteiger partial charge in [0.2, 0.25) is 15.9 Å². The van der Waals surface area contributed by atoms with E-state index in [9.17, 15) is 13.2 Å². The molecule has 1 heterocycles. The summed E-state index contributed by atoms with van der Waals surface area (Å²) in [6.45, 7) is 2.68. The zero-order chi connectivity index (χ0) is 22.4. The van der Waals surface area contributed by atoms with Crippen LogP contribution in [-0.4, -0.2) is 45.9 Å². The van der Waals surface area contributed by atoms with Crippen molar-refractivity contribution in [3.63, 3.8) is 0 Å². The molecular formula is C23H30N2O5S. The van der Waals surface area contributed by atoms with Crippen LogP contribution in [0.1, 0.15) is 37.8 Å². The minimum Gasteiger partial charge on any atom is -0.497 e. The van der Waals surface area contributed by atoms with Gasteiger partial charge in [-0.3, -0.25) is 4.79 Å². The number of nitrogens with zero attached hydrogens (tertiary/aromatic N) is 1. The molecule has 0 radical (unpaired) electrons. The number of hydrogen-bond donors (Lipinski definition) is 1. The first kappa shape index (κ1) is 23.1. The Morgan fingerprint density at radius 1 is 1.00 bits per heavy atom. The van der Waals surface area contributed by atoms with Crippen molar-refractivity contribution in [2.75, 3.05) is 27.3 Å². The third-order valence-electron chi connectivity index (χ3n) is 5.76. The van der Waals surface area contributed by atoms with Crippen LogP contribution in [0.4, 0.5) is 0 Å². The van der Waals surface area contributed by atoms with Gasteiger partial charge < -0.3 is 14.8 Å². The van der Waals surface area contributed by atoms with Gasteiger partial charge in [-0.15, -0.1) is 0 Å². The Bertz CT molecular complexity index is 966. The number of hydrogen-bond acceptors (Lipinski definition) is 5. The average molecular weight is 447 g/mol. The second kappa shape index (κ2) is 10.2. The van der Waals surface area contributed by atoms with Crippen LogP contribution < -0.4 is 14.8 Å². The average Bonchev–Trinajstić information content (AvgIpc) is 2.82. The molecule has 1 saturated heterocycles. The van der Waals surface area contributed by atoms with Crippen molar-refractivity contribution in [2.45, 2.75) is 37.1 Å². The van der Waals surface area contributed by atoms with Gasteiger partial charge in [0.05, 0.1) is 25.2 Å². The molecule has 1 aliphatic heterocycles. The smallest absolute Gasteiger partial charge is 0.243 e. The quantitative estimate of drug-likeness (QED) is 0.672. The second-order valence-electron chi connectivity index (χ2n) is 7.60. The molecule has 0 bridgehead atoms.